The van der Waals surface area contributed by atoms with Crippen LogP contribution in [0.1, 0.15) is 39.9 Å². The minimum absolute atomic E-state index is 0.175. The SMILES string of the molecule is O=C1CCC(N2C(=O)c3cccc4c(Cc5ccc(CN6CCN(c7ccccc7)CC6)cc5)ccc2c34)C(=O)N1. The fraction of sp³-hybridized carbons (Fsp3) is 0.265. The van der Waals surface area contributed by atoms with Gasteiger partial charge in [0.2, 0.25) is 11.8 Å². The zero-order chi connectivity index (χ0) is 27.9. The number of imide groups is 1. The van der Waals surface area contributed by atoms with Gasteiger partial charge in [0.15, 0.2) is 0 Å². The highest BCUT2D eigenvalue weighted by Gasteiger charge is 2.40. The standard InChI is InChI=1S/C34H32N4O3/c39-31-16-15-30(33(40)35-31)38-29-14-13-25(27-7-4-8-28(32(27)29)34(38)41)21-23-9-11-24(12-10-23)22-36-17-19-37(20-18-36)26-5-2-1-3-6-26/h1-14,30H,15-22H2,(H,35,39,40). The lowest BCUT2D eigenvalue weighted by Gasteiger charge is -2.36. The van der Waals surface area contributed by atoms with Crippen molar-refractivity contribution in [2.75, 3.05) is 36.0 Å². The number of hydrogen-bond acceptors (Lipinski definition) is 5. The predicted molar refractivity (Wildman–Crippen MR) is 160 cm³/mol. The van der Waals surface area contributed by atoms with E-state index in [-0.39, 0.29) is 18.2 Å². The van der Waals surface area contributed by atoms with Crippen molar-refractivity contribution in [2.24, 2.45) is 0 Å². The van der Waals surface area contributed by atoms with Gasteiger partial charge in [0.25, 0.3) is 5.91 Å². The Kier molecular flexibility index (Phi) is 6.51. The van der Waals surface area contributed by atoms with E-state index >= 15 is 0 Å². The number of para-hydroxylation sites is 1. The van der Waals surface area contributed by atoms with Gasteiger partial charge < -0.3 is 4.90 Å². The van der Waals surface area contributed by atoms with Gasteiger partial charge in [-0.05, 0) is 59.2 Å². The maximum absolute atomic E-state index is 13.4. The second-order valence-corrected chi connectivity index (χ2v) is 11.2. The molecular weight excluding hydrogens is 512 g/mol. The average molecular weight is 545 g/mol. The van der Waals surface area contributed by atoms with Gasteiger partial charge in [0, 0.05) is 55.8 Å². The maximum atomic E-state index is 13.4. The number of amides is 3. The van der Waals surface area contributed by atoms with Crippen molar-refractivity contribution in [3.05, 3.63) is 107 Å². The van der Waals surface area contributed by atoms with Gasteiger partial charge in [-0.1, -0.05) is 60.7 Å². The Balaban J connectivity index is 1.05. The number of benzene rings is 4. The fourth-order valence-corrected chi connectivity index (χ4v) is 6.50. The monoisotopic (exact) mass is 544 g/mol. The topological polar surface area (TPSA) is 73.0 Å². The van der Waals surface area contributed by atoms with Crippen molar-refractivity contribution in [2.45, 2.75) is 31.8 Å². The van der Waals surface area contributed by atoms with Gasteiger partial charge >= 0.3 is 0 Å². The third-order valence-corrected chi connectivity index (χ3v) is 8.66. The largest absolute Gasteiger partial charge is 0.369 e. The van der Waals surface area contributed by atoms with Gasteiger partial charge in [-0.15, -0.1) is 0 Å². The predicted octanol–water partition coefficient (Wildman–Crippen LogP) is 4.52. The Labute approximate surface area is 239 Å². The van der Waals surface area contributed by atoms with Crippen molar-refractivity contribution in [1.82, 2.24) is 10.2 Å². The first-order valence-electron chi connectivity index (χ1n) is 14.4. The summed E-state index contributed by atoms with van der Waals surface area (Å²) in [6, 6.07) is 28.7. The molecule has 0 aliphatic carbocycles. The van der Waals surface area contributed by atoms with Gasteiger partial charge in [-0.3, -0.25) is 29.5 Å². The van der Waals surface area contributed by atoms with Gasteiger partial charge in [0.1, 0.15) is 6.04 Å². The summed E-state index contributed by atoms with van der Waals surface area (Å²) in [5, 5.41) is 4.32. The van der Waals surface area contributed by atoms with Crippen LogP contribution in [-0.4, -0.2) is 54.8 Å². The molecule has 4 aromatic carbocycles. The molecule has 0 radical (unpaired) electrons. The first-order chi connectivity index (χ1) is 20.0. The molecule has 4 aromatic rings. The lowest BCUT2D eigenvalue weighted by atomic mass is 9.95. The molecule has 1 atom stereocenters. The van der Waals surface area contributed by atoms with E-state index in [2.05, 4.69) is 81.8 Å². The van der Waals surface area contributed by atoms with Crippen LogP contribution in [0.2, 0.25) is 0 Å². The first kappa shape index (κ1) is 25.5. The number of rotatable bonds is 6. The van der Waals surface area contributed by atoms with E-state index in [0.717, 1.165) is 61.2 Å². The van der Waals surface area contributed by atoms with Crippen LogP contribution in [0, 0.1) is 0 Å². The molecule has 0 spiro atoms. The molecule has 0 bridgehead atoms. The number of anilines is 2. The molecule has 206 valence electrons. The van der Waals surface area contributed by atoms with Crippen molar-refractivity contribution in [3.8, 4) is 0 Å². The molecule has 7 heteroatoms. The molecule has 3 aliphatic heterocycles. The summed E-state index contributed by atoms with van der Waals surface area (Å²) in [6.45, 7) is 5.12. The molecule has 0 saturated carbocycles. The lowest BCUT2D eigenvalue weighted by molar-refractivity contribution is -0.134. The molecule has 2 saturated heterocycles. The van der Waals surface area contributed by atoms with Crippen molar-refractivity contribution in [3.63, 3.8) is 0 Å². The lowest BCUT2D eigenvalue weighted by Crippen LogP contribution is -2.53. The van der Waals surface area contributed by atoms with E-state index in [1.807, 2.05) is 18.2 Å². The van der Waals surface area contributed by atoms with E-state index < -0.39 is 11.9 Å². The van der Waals surface area contributed by atoms with Crippen LogP contribution in [0.15, 0.2) is 84.9 Å². The molecule has 2 fully saturated rings. The van der Waals surface area contributed by atoms with Crippen LogP contribution in [0.3, 0.4) is 0 Å². The molecule has 3 aliphatic rings. The Hall–Kier alpha value is -4.49. The number of piperidine rings is 1. The third kappa shape index (κ3) is 4.76. The zero-order valence-corrected chi connectivity index (χ0v) is 22.9. The normalized spacial score (nSPS) is 19.2. The number of nitrogens with zero attached hydrogens (tertiary/aromatic N) is 3. The highest BCUT2D eigenvalue weighted by atomic mass is 16.2. The van der Waals surface area contributed by atoms with E-state index in [9.17, 15) is 14.4 Å². The smallest absolute Gasteiger partial charge is 0.259 e. The second-order valence-electron chi connectivity index (χ2n) is 11.2. The third-order valence-electron chi connectivity index (χ3n) is 8.66. The highest BCUT2D eigenvalue weighted by Crippen LogP contribution is 2.41. The number of carbonyl (C=O) groups is 3. The minimum atomic E-state index is -0.671. The van der Waals surface area contributed by atoms with Gasteiger partial charge in [-0.25, -0.2) is 0 Å². The van der Waals surface area contributed by atoms with Crippen LogP contribution in [0.25, 0.3) is 10.8 Å². The Morgan fingerprint density at radius 1 is 0.756 bits per heavy atom. The summed E-state index contributed by atoms with van der Waals surface area (Å²) in [6.07, 6.45) is 1.32. The van der Waals surface area contributed by atoms with Gasteiger partial charge in [-0.2, -0.15) is 0 Å². The summed E-state index contributed by atoms with van der Waals surface area (Å²) in [4.78, 5) is 44.3. The van der Waals surface area contributed by atoms with Crippen LogP contribution < -0.4 is 15.1 Å². The maximum Gasteiger partial charge on any atom is 0.259 e. The fourth-order valence-electron chi connectivity index (χ4n) is 6.50. The minimum Gasteiger partial charge on any atom is -0.369 e. The van der Waals surface area contributed by atoms with Crippen LogP contribution in [0.5, 0.6) is 0 Å². The van der Waals surface area contributed by atoms with Crippen LogP contribution >= 0.6 is 0 Å². The number of hydrogen-bond donors (Lipinski definition) is 1. The van der Waals surface area contributed by atoms with E-state index in [1.165, 1.54) is 16.8 Å². The first-order valence-corrected chi connectivity index (χ1v) is 14.4. The molecule has 3 amide bonds. The van der Waals surface area contributed by atoms with E-state index in [4.69, 9.17) is 0 Å². The molecule has 1 N–H and O–H groups in total. The molecule has 0 aromatic heterocycles. The highest BCUT2D eigenvalue weighted by molar-refractivity contribution is 6.27. The zero-order valence-electron chi connectivity index (χ0n) is 22.9. The number of piperazine rings is 1. The van der Waals surface area contributed by atoms with E-state index in [1.54, 1.807) is 4.90 Å². The van der Waals surface area contributed by atoms with Crippen molar-refractivity contribution in [1.29, 1.82) is 0 Å². The summed E-state index contributed by atoms with van der Waals surface area (Å²) in [5.74, 6) is -0.864. The molecular formula is C34H32N4O3. The molecule has 7 nitrogen and oxygen atoms in total. The summed E-state index contributed by atoms with van der Waals surface area (Å²) in [5.41, 5.74) is 6.34. The van der Waals surface area contributed by atoms with Crippen molar-refractivity contribution >= 4 is 39.9 Å². The second kappa shape index (κ2) is 10.5. The number of carbonyl (C=O) groups excluding carboxylic acids is 3. The quantitative estimate of drug-likeness (QED) is 0.362. The molecule has 1 unspecified atom stereocenters. The summed E-state index contributed by atoms with van der Waals surface area (Å²) >= 11 is 0. The Bertz CT molecular complexity index is 1640. The number of nitrogens with one attached hydrogen (secondary N) is 1. The molecule has 7 rings (SSSR count). The van der Waals surface area contributed by atoms with Crippen LogP contribution in [-0.2, 0) is 22.6 Å². The Morgan fingerprint density at radius 2 is 1.51 bits per heavy atom. The molecule has 3 heterocycles. The van der Waals surface area contributed by atoms with E-state index in [0.29, 0.717) is 12.0 Å². The molecule has 41 heavy (non-hydrogen) atoms. The van der Waals surface area contributed by atoms with Gasteiger partial charge in [0.05, 0.1) is 5.69 Å². The van der Waals surface area contributed by atoms with Crippen LogP contribution in [0.4, 0.5) is 11.4 Å². The van der Waals surface area contributed by atoms with Crippen molar-refractivity contribution < 1.29 is 14.4 Å². The summed E-state index contributed by atoms with van der Waals surface area (Å²) in [7, 11) is 0. The Morgan fingerprint density at radius 3 is 2.27 bits per heavy atom. The average Bonchev–Trinajstić information content (AvgIpc) is 3.28. The summed E-state index contributed by atoms with van der Waals surface area (Å²) < 4.78 is 0.